The lowest BCUT2D eigenvalue weighted by atomic mass is 10.0. The lowest BCUT2D eigenvalue weighted by Gasteiger charge is -2.34. The highest BCUT2D eigenvalue weighted by atomic mass is 16.4. The van der Waals surface area contributed by atoms with Crippen molar-refractivity contribution in [3.05, 3.63) is 0 Å². The third-order valence-electron chi connectivity index (χ3n) is 3.56. The Morgan fingerprint density at radius 2 is 1.90 bits per heavy atom. The van der Waals surface area contributed by atoms with Gasteiger partial charge in [-0.25, -0.2) is 9.59 Å². The van der Waals surface area contributed by atoms with Crippen LogP contribution >= 0.6 is 0 Å². The molecule has 7 heteroatoms. The normalized spacial score (nSPS) is 14.4. The zero-order chi connectivity index (χ0) is 16.0. The summed E-state index contributed by atoms with van der Waals surface area (Å²) in [5.74, 6) is -1.05. The molecule has 0 atom stereocenters. The summed E-state index contributed by atoms with van der Waals surface area (Å²) >= 11 is 0. The maximum atomic E-state index is 12.0. The van der Waals surface area contributed by atoms with E-state index in [9.17, 15) is 14.4 Å². The summed E-state index contributed by atoms with van der Waals surface area (Å²) in [4.78, 5) is 35.9. The molecule has 1 saturated carbocycles. The molecule has 1 aliphatic rings. The molecule has 3 amide bonds. The first-order valence-corrected chi connectivity index (χ1v) is 7.37. The first-order valence-electron chi connectivity index (χ1n) is 7.37. The van der Waals surface area contributed by atoms with Crippen molar-refractivity contribution >= 4 is 17.9 Å². The van der Waals surface area contributed by atoms with Crippen molar-refractivity contribution in [3.8, 4) is 0 Å². The van der Waals surface area contributed by atoms with Crippen LogP contribution in [0.4, 0.5) is 4.79 Å². The molecule has 0 aromatic rings. The zero-order valence-corrected chi connectivity index (χ0v) is 12.9. The van der Waals surface area contributed by atoms with Gasteiger partial charge in [0.15, 0.2) is 0 Å². The van der Waals surface area contributed by atoms with Crippen LogP contribution in [0, 0.1) is 0 Å². The van der Waals surface area contributed by atoms with Gasteiger partial charge < -0.3 is 20.6 Å². The second-order valence-electron chi connectivity index (χ2n) is 5.79. The Kier molecular flexibility index (Phi) is 5.99. The highest BCUT2D eigenvalue weighted by Crippen LogP contribution is 2.18. The molecule has 0 unspecified atom stereocenters. The minimum Gasteiger partial charge on any atom is -0.480 e. The maximum absolute atomic E-state index is 12.0. The highest BCUT2D eigenvalue weighted by molar-refractivity contribution is 5.85. The summed E-state index contributed by atoms with van der Waals surface area (Å²) in [7, 11) is 0. The van der Waals surface area contributed by atoms with Crippen LogP contribution in [0.3, 0.4) is 0 Å². The smallest absolute Gasteiger partial charge is 0.329 e. The Morgan fingerprint density at radius 1 is 1.29 bits per heavy atom. The van der Waals surface area contributed by atoms with E-state index in [2.05, 4.69) is 10.6 Å². The predicted molar refractivity (Wildman–Crippen MR) is 77.9 cm³/mol. The number of amides is 3. The first-order chi connectivity index (χ1) is 9.78. The number of nitrogens with zero attached hydrogens (tertiary/aromatic N) is 1. The topological polar surface area (TPSA) is 98.7 Å². The fourth-order valence-corrected chi connectivity index (χ4v) is 1.98. The Balaban J connectivity index is 2.30. The number of carboxylic acid groups (broad SMARTS) is 1. The molecule has 21 heavy (non-hydrogen) atoms. The number of carbonyl (C=O) groups excluding carboxylic acids is 2. The molecule has 0 saturated heterocycles. The molecule has 0 aromatic heterocycles. The number of carbonyl (C=O) groups is 3. The van der Waals surface area contributed by atoms with E-state index < -0.39 is 17.5 Å². The molecule has 3 N–H and O–H groups in total. The average Bonchev–Trinajstić information content (AvgIpc) is 3.18. The largest absolute Gasteiger partial charge is 0.480 e. The van der Waals surface area contributed by atoms with E-state index in [0.717, 1.165) is 12.8 Å². The van der Waals surface area contributed by atoms with Gasteiger partial charge in [0.1, 0.15) is 5.54 Å². The number of aliphatic carboxylic acids is 1. The molecule has 0 radical (unpaired) electrons. The van der Waals surface area contributed by atoms with Crippen LogP contribution in [0.2, 0.25) is 0 Å². The number of rotatable bonds is 8. The zero-order valence-electron chi connectivity index (χ0n) is 12.9. The molecule has 7 nitrogen and oxygen atoms in total. The highest BCUT2D eigenvalue weighted by Gasteiger charge is 2.36. The van der Waals surface area contributed by atoms with Crippen LogP contribution in [0.1, 0.15) is 46.5 Å². The average molecular weight is 299 g/mol. The van der Waals surface area contributed by atoms with Crippen LogP contribution in [0.15, 0.2) is 0 Å². The third-order valence-corrected chi connectivity index (χ3v) is 3.56. The molecular weight excluding hydrogens is 274 g/mol. The number of hydrogen-bond acceptors (Lipinski definition) is 3. The van der Waals surface area contributed by atoms with Gasteiger partial charge in [0, 0.05) is 25.6 Å². The molecule has 1 fully saturated rings. The molecule has 0 bridgehead atoms. The number of hydrogen-bond donors (Lipinski definition) is 3. The molecule has 0 aliphatic heterocycles. The van der Waals surface area contributed by atoms with E-state index in [1.54, 1.807) is 6.92 Å². The minimum atomic E-state index is -1.26. The van der Waals surface area contributed by atoms with Crippen LogP contribution in [0.25, 0.3) is 0 Å². The molecule has 1 rings (SSSR count). The summed E-state index contributed by atoms with van der Waals surface area (Å²) in [6.45, 7) is 5.35. The number of likely N-dealkylation sites (N-methyl/N-ethyl adjacent to an activating group) is 1. The second kappa shape index (κ2) is 7.28. The minimum absolute atomic E-state index is 0.00459. The Morgan fingerprint density at radius 3 is 2.38 bits per heavy atom. The van der Waals surface area contributed by atoms with Gasteiger partial charge in [-0.15, -0.1) is 0 Å². The van der Waals surface area contributed by atoms with E-state index >= 15 is 0 Å². The lowest BCUT2D eigenvalue weighted by Crippen LogP contribution is -2.56. The fourth-order valence-electron chi connectivity index (χ4n) is 1.98. The van der Waals surface area contributed by atoms with Gasteiger partial charge >= 0.3 is 12.0 Å². The quantitative estimate of drug-likeness (QED) is 0.581. The summed E-state index contributed by atoms with van der Waals surface area (Å²) in [5.41, 5.74) is -1.26. The number of nitrogens with one attached hydrogen (secondary N) is 2. The summed E-state index contributed by atoms with van der Waals surface area (Å²) in [5, 5.41) is 14.7. The third kappa shape index (κ3) is 5.24. The molecule has 0 aromatic carbocycles. The van der Waals surface area contributed by atoms with Crippen molar-refractivity contribution in [2.45, 2.75) is 58.0 Å². The van der Waals surface area contributed by atoms with E-state index in [0.29, 0.717) is 32.0 Å². The number of urea groups is 1. The SMILES string of the molecule is CCN(C(=O)NCCCC(=O)NC1CC1)C(C)(C)C(=O)O. The predicted octanol–water partition coefficient (Wildman–Crippen LogP) is 0.940. The van der Waals surface area contributed by atoms with Gasteiger partial charge in [-0.1, -0.05) is 0 Å². The van der Waals surface area contributed by atoms with Crippen molar-refractivity contribution in [1.82, 2.24) is 15.5 Å². The first kappa shape index (κ1) is 17.3. The van der Waals surface area contributed by atoms with Gasteiger partial charge in [-0.3, -0.25) is 4.79 Å². The van der Waals surface area contributed by atoms with Crippen molar-refractivity contribution in [2.75, 3.05) is 13.1 Å². The Labute approximate surface area is 125 Å². The molecule has 0 heterocycles. The Bertz CT molecular complexity index is 405. The van der Waals surface area contributed by atoms with Gasteiger partial charge in [-0.05, 0) is 40.0 Å². The molecular formula is C14H25N3O4. The van der Waals surface area contributed by atoms with Gasteiger partial charge in [0.25, 0.3) is 0 Å². The van der Waals surface area contributed by atoms with Crippen LogP contribution in [-0.2, 0) is 9.59 Å². The van der Waals surface area contributed by atoms with E-state index in [1.807, 2.05) is 0 Å². The van der Waals surface area contributed by atoms with E-state index in [4.69, 9.17) is 5.11 Å². The lowest BCUT2D eigenvalue weighted by molar-refractivity contribution is -0.147. The summed E-state index contributed by atoms with van der Waals surface area (Å²) in [6, 6.07) is -0.0773. The van der Waals surface area contributed by atoms with E-state index in [1.165, 1.54) is 18.7 Å². The standard InChI is InChI=1S/C14H25N3O4/c1-4-17(14(2,3)12(19)20)13(21)15-9-5-6-11(18)16-10-7-8-10/h10H,4-9H2,1-3H3,(H,15,21)(H,16,18)(H,19,20). The molecule has 0 spiro atoms. The van der Waals surface area contributed by atoms with Gasteiger partial charge in [0.05, 0.1) is 0 Å². The van der Waals surface area contributed by atoms with E-state index in [-0.39, 0.29) is 5.91 Å². The van der Waals surface area contributed by atoms with Gasteiger partial charge in [-0.2, -0.15) is 0 Å². The maximum Gasteiger partial charge on any atom is 0.329 e. The number of carboxylic acids is 1. The van der Waals surface area contributed by atoms with Crippen LogP contribution in [0.5, 0.6) is 0 Å². The fraction of sp³-hybridized carbons (Fsp3) is 0.786. The molecule has 1 aliphatic carbocycles. The Hall–Kier alpha value is -1.79. The summed E-state index contributed by atoms with van der Waals surface area (Å²) < 4.78 is 0. The van der Waals surface area contributed by atoms with Gasteiger partial charge in [0.2, 0.25) is 5.91 Å². The molecule has 120 valence electrons. The second-order valence-corrected chi connectivity index (χ2v) is 5.79. The monoisotopic (exact) mass is 299 g/mol. The van der Waals surface area contributed by atoms with Crippen LogP contribution < -0.4 is 10.6 Å². The summed E-state index contributed by atoms with van der Waals surface area (Å²) in [6.07, 6.45) is 3.01. The van der Waals surface area contributed by atoms with Crippen molar-refractivity contribution in [2.24, 2.45) is 0 Å². The van der Waals surface area contributed by atoms with Crippen molar-refractivity contribution in [3.63, 3.8) is 0 Å². The van der Waals surface area contributed by atoms with Crippen LogP contribution in [-0.4, -0.2) is 52.6 Å². The van der Waals surface area contributed by atoms with Crippen molar-refractivity contribution < 1.29 is 19.5 Å². The van der Waals surface area contributed by atoms with Crippen molar-refractivity contribution in [1.29, 1.82) is 0 Å².